The van der Waals surface area contributed by atoms with E-state index in [1.807, 2.05) is 36.4 Å². The SMILES string of the molecule is CCCCCC(CC)OS(=O)C=Cc1ccccc1. The molecule has 0 N–H and O–H groups in total. The molecule has 0 spiro atoms. The van der Waals surface area contributed by atoms with Gasteiger partial charge in [-0.1, -0.05) is 63.4 Å². The Morgan fingerprint density at radius 2 is 1.95 bits per heavy atom. The summed E-state index contributed by atoms with van der Waals surface area (Å²) in [6.45, 7) is 4.26. The quantitative estimate of drug-likeness (QED) is 0.613. The van der Waals surface area contributed by atoms with E-state index in [-0.39, 0.29) is 6.10 Å². The average molecular weight is 280 g/mol. The van der Waals surface area contributed by atoms with Crippen molar-refractivity contribution in [1.82, 2.24) is 0 Å². The molecular weight excluding hydrogens is 256 g/mol. The summed E-state index contributed by atoms with van der Waals surface area (Å²) >= 11 is -1.34. The van der Waals surface area contributed by atoms with E-state index in [0.717, 1.165) is 24.8 Å². The van der Waals surface area contributed by atoms with Crippen molar-refractivity contribution < 1.29 is 8.39 Å². The molecule has 0 radical (unpaired) electrons. The van der Waals surface area contributed by atoms with Crippen molar-refractivity contribution in [2.45, 2.75) is 52.1 Å². The van der Waals surface area contributed by atoms with Crippen LogP contribution in [-0.4, -0.2) is 10.3 Å². The monoisotopic (exact) mass is 280 g/mol. The van der Waals surface area contributed by atoms with Crippen LogP contribution in [0, 0.1) is 0 Å². The molecule has 0 bridgehead atoms. The zero-order valence-corrected chi connectivity index (χ0v) is 12.7. The van der Waals surface area contributed by atoms with Crippen LogP contribution >= 0.6 is 0 Å². The van der Waals surface area contributed by atoms with Crippen LogP contribution in [0.25, 0.3) is 6.08 Å². The van der Waals surface area contributed by atoms with Crippen molar-refractivity contribution in [2.24, 2.45) is 0 Å². The number of hydrogen-bond acceptors (Lipinski definition) is 2. The standard InChI is InChI=1S/C16H24O2S/c1-3-5-7-12-16(4-2)18-19(17)14-13-15-10-8-6-9-11-15/h6,8-11,13-14,16H,3-5,7,12H2,1-2H3. The highest BCUT2D eigenvalue weighted by molar-refractivity contribution is 7.83. The van der Waals surface area contributed by atoms with Gasteiger partial charge in [0.2, 0.25) is 0 Å². The number of unbranched alkanes of at least 4 members (excludes halogenated alkanes) is 2. The summed E-state index contributed by atoms with van der Waals surface area (Å²) in [5, 5.41) is 1.62. The first-order valence-electron chi connectivity index (χ1n) is 7.07. The summed E-state index contributed by atoms with van der Waals surface area (Å²) in [6.07, 6.45) is 7.42. The molecule has 3 heteroatoms. The fourth-order valence-electron chi connectivity index (χ4n) is 1.81. The number of benzene rings is 1. The Hall–Kier alpha value is -0.930. The Bertz CT molecular complexity index is 387. The molecular formula is C16H24O2S. The second kappa shape index (κ2) is 9.93. The van der Waals surface area contributed by atoms with Gasteiger partial charge in [-0.15, -0.1) is 0 Å². The molecule has 0 saturated heterocycles. The molecule has 0 aliphatic carbocycles. The zero-order chi connectivity index (χ0) is 13.9. The van der Waals surface area contributed by atoms with E-state index < -0.39 is 11.1 Å². The number of rotatable bonds is 9. The van der Waals surface area contributed by atoms with Crippen molar-refractivity contribution in [3.8, 4) is 0 Å². The van der Waals surface area contributed by atoms with Crippen molar-refractivity contribution in [2.75, 3.05) is 0 Å². The molecule has 0 fully saturated rings. The minimum absolute atomic E-state index is 0.104. The molecule has 1 rings (SSSR count). The Balaban J connectivity index is 2.38. The van der Waals surface area contributed by atoms with Gasteiger partial charge in [-0.3, -0.25) is 4.18 Å². The van der Waals surface area contributed by atoms with Crippen LogP contribution in [0.15, 0.2) is 35.7 Å². The second-order valence-corrected chi connectivity index (χ2v) is 5.58. The summed E-state index contributed by atoms with van der Waals surface area (Å²) < 4.78 is 17.4. The van der Waals surface area contributed by atoms with Crippen LogP contribution in [0.5, 0.6) is 0 Å². The lowest BCUT2D eigenvalue weighted by molar-refractivity contribution is 0.207. The minimum atomic E-state index is -1.34. The molecule has 0 heterocycles. The van der Waals surface area contributed by atoms with E-state index in [9.17, 15) is 4.21 Å². The maximum absolute atomic E-state index is 11.8. The average Bonchev–Trinajstić information content (AvgIpc) is 2.45. The third-order valence-corrected chi connectivity index (χ3v) is 3.81. The summed E-state index contributed by atoms with van der Waals surface area (Å²) in [7, 11) is 0. The molecule has 0 aliphatic rings. The third-order valence-electron chi connectivity index (χ3n) is 2.99. The highest BCUT2D eigenvalue weighted by Gasteiger charge is 2.09. The van der Waals surface area contributed by atoms with Crippen LogP contribution in [0.4, 0.5) is 0 Å². The summed E-state index contributed by atoms with van der Waals surface area (Å²) in [5.74, 6) is 0. The van der Waals surface area contributed by atoms with Gasteiger partial charge in [0.15, 0.2) is 11.1 Å². The molecule has 2 unspecified atom stereocenters. The smallest absolute Gasteiger partial charge is 0.181 e. The largest absolute Gasteiger partial charge is 0.284 e. The molecule has 1 aromatic carbocycles. The van der Waals surface area contributed by atoms with Gasteiger partial charge < -0.3 is 0 Å². The van der Waals surface area contributed by atoms with Crippen molar-refractivity contribution >= 4 is 17.2 Å². The predicted octanol–water partition coefficient (Wildman–Crippen LogP) is 4.70. The van der Waals surface area contributed by atoms with E-state index in [2.05, 4.69) is 13.8 Å². The molecule has 0 amide bonds. The fraction of sp³-hybridized carbons (Fsp3) is 0.500. The molecule has 2 nitrogen and oxygen atoms in total. The van der Waals surface area contributed by atoms with Gasteiger partial charge in [-0.2, -0.15) is 0 Å². The lowest BCUT2D eigenvalue weighted by atomic mass is 10.1. The Morgan fingerprint density at radius 3 is 2.58 bits per heavy atom. The van der Waals surface area contributed by atoms with Crippen LogP contribution in [0.2, 0.25) is 0 Å². The topological polar surface area (TPSA) is 26.3 Å². The van der Waals surface area contributed by atoms with E-state index in [1.54, 1.807) is 5.41 Å². The molecule has 0 saturated carbocycles. The van der Waals surface area contributed by atoms with Gasteiger partial charge >= 0.3 is 0 Å². The highest BCUT2D eigenvalue weighted by Crippen LogP contribution is 2.12. The van der Waals surface area contributed by atoms with Crippen LogP contribution in [0.1, 0.15) is 51.5 Å². The number of hydrogen-bond donors (Lipinski definition) is 0. The Labute approximate surface area is 119 Å². The molecule has 2 atom stereocenters. The van der Waals surface area contributed by atoms with E-state index in [0.29, 0.717) is 0 Å². The molecule has 106 valence electrons. The van der Waals surface area contributed by atoms with Gasteiger partial charge in [-0.05, 0) is 24.5 Å². The first-order chi connectivity index (χ1) is 9.26. The maximum Gasteiger partial charge on any atom is 0.181 e. The molecule has 19 heavy (non-hydrogen) atoms. The van der Waals surface area contributed by atoms with E-state index >= 15 is 0 Å². The maximum atomic E-state index is 11.8. The van der Waals surface area contributed by atoms with Gasteiger partial charge in [0, 0.05) is 5.41 Å². The zero-order valence-electron chi connectivity index (χ0n) is 11.9. The minimum Gasteiger partial charge on any atom is -0.284 e. The second-order valence-electron chi connectivity index (χ2n) is 4.60. The van der Waals surface area contributed by atoms with Gasteiger partial charge in [-0.25, -0.2) is 4.21 Å². The van der Waals surface area contributed by atoms with Crippen molar-refractivity contribution in [3.05, 3.63) is 41.3 Å². The normalized spacial score (nSPS) is 14.6. The first-order valence-corrected chi connectivity index (χ1v) is 8.21. The molecule has 0 aromatic heterocycles. The lowest BCUT2D eigenvalue weighted by Crippen LogP contribution is -2.12. The van der Waals surface area contributed by atoms with Crippen LogP contribution < -0.4 is 0 Å². The summed E-state index contributed by atoms with van der Waals surface area (Å²) in [5.41, 5.74) is 1.04. The highest BCUT2D eigenvalue weighted by atomic mass is 32.2. The predicted molar refractivity (Wildman–Crippen MR) is 82.9 cm³/mol. The third kappa shape index (κ3) is 7.28. The van der Waals surface area contributed by atoms with E-state index in [4.69, 9.17) is 4.18 Å². The first kappa shape index (κ1) is 16.1. The van der Waals surface area contributed by atoms with Gasteiger partial charge in [0.05, 0.1) is 6.10 Å². The van der Waals surface area contributed by atoms with Crippen molar-refractivity contribution in [3.63, 3.8) is 0 Å². The summed E-state index contributed by atoms with van der Waals surface area (Å²) in [6, 6.07) is 9.84. The van der Waals surface area contributed by atoms with Crippen LogP contribution in [-0.2, 0) is 15.3 Å². The van der Waals surface area contributed by atoms with E-state index in [1.165, 1.54) is 12.8 Å². The van der Waals surface area contributed by atoms with Gasteiger partial charge in [0.25, 0.3) is 0 Å². The van der Waals surface area contributed by atoms with Crippen LogP contribution in [0.3, 0.4) is 0 Å². The molecule has 1 aromatic rings. The summed E-state index contributed by atoms with van der Waals surface area (Å²) in [4.78, 5) is 0. The Kier molecular flexibility index (Phi) is 8.43. The Morgan fingerprint density at radius 1 is 1.21 bits per heavy atom. The van der Waals surface area contributed by atoms with Gasteiger partial charge in [0.1, 0.15) is 0 Å². The van der Waals surface area contributed by atoms with Crippen molar-refractivity contribution in [1.29, 1.82) is 0 Å². The molecule has 0 aliphatic heterocycles. The lowest BCUT2D eigenvalue weighted by Gasteiger charge is -2.13. The fourth-order valence-corrected chi connectivity index (χ4v) is 2.64.